The van der Waals surface area contributed by atoms with Crippen molar-refractivity contribution in [2.24, 2.45) is 5.92 Å². The van der Waals surface area contributed by atoms with Crippen molar-refractivity contribution in [1.82, 2.24) is 0 Å². The van der Waals surface area contributed by atoms with Gasteiger partial charge in [-0.25, -0.2) is 4.79 Å². The molecule has 0 saturated carbocycles. The maximum absolute atomic E-state index is 12.1. The van der Waals surface area contributed by atoms with E-state index in [1.807, 2.05) is 39.0 Å². The van der Waals surface area contributed by atoms with Crippen LogP contribution >= 0.6 is 0 Å². The molecule has 6 nitrogen and oxygen atoms in total. The summed E-state index contributed by atoms with van der Waals surface area (Å²) in [5.41, 5.74) is 3.46. The van der Waals surface area contributed by atoms with Gasteiger partial charge in [0.05, 0.1) is 0 Å². The van der Waals surface area contributed by atoms with Gasteiger partial charge in [0.1, 0.15) is 18.3 Å². The second-order valence-electron chi connectivity index (χ2n) is 8.28. The molecule has 30 heavy (non-hydrogen) atoms. The fourth-order valence-electron chi connectivity index (χ4n) is 3.97. The Morgan fingerprint density at radius 2 is 1.43 bits per heavy atom. The van der Waals surface area contributed by atoms with Crippen LogP contribution in [0.5, 0.6) is 0 Å². The van der Waals surface area contributed by atoms with Crippen LogP contribution in [0.3, 0.4) is 0 Å². The van der Waals surface area contributed by atoms with Crippen molar-refractivity contribution in [3.05, 3.63) is 47.1 Å². The van der Waals surface area contributed by atoms with E-state index in [1.54, 1.807) is 0 Å². The number of esters is 3. The van der Waals surface area contributed by atoms with Gasteiger partial charge in [0.15, 0.2) is 0 Å². The van der Waals surface area contributed by atoms with Crippen molar-refractivity contribution < 1.29 is 28.6 Å². The maximum atomic E-state index is 12.1. The molecule has 6 heteroatoms. The molecule has 0 spiro atoms. The molecule has 1 aliphatic carbocycles. The molecule has 0 aromatic rings. The molecule has 1 saturated heterocycles. The van der Waals surface area contributed by atoms with Gasteiger partial charge in [-0.1, -0.05) is 23.3 Å². The first-order valence-electron chi connectivity index (χ1n) is 10.3. The zero-order valence-electron chi connectivity index (χ0n) is 18.5. The molecule has 1 heterocycles. The van der Waals surface area contributed by atoms with Gasteiger partial charge in [-0.3, -0.25) is 9.59 Å². The quantitative estimate of drug-likeness (QED) is 0.288. The Morgan fingerprint density at radius 1 is 0.933 bits per heavy atom. The van der Waals surface area contributed by atoms with Gasteiger partial charge >= 0.3 is 17.9 Å². The van der Waals surface area contributed by atoms with E-state index in [4.69, 9.17) is 14.2 Å². The molecule has 2 aliphatic rings. The summed E-state index contributed by atoms with van der Waals surface area (Å²) >= 11 is 0. The minimum atomic E-state index is -0.455. The fourth-order valence-corrected chi connectivity index (χ4v) is 3.97. The molecule has 164 valence electrons. The highest BCUT2D eigenvalue weighted by atomic mass is 16.6. The summed E-state index contributed by atoms with van der Waals surface area (Å²) < 4.78 is 16.5. The Balaban J connectivity index is 2.41. The molecule has 1 aliphatic heterocycles. The lowest BCUT2D eigenvalue weighted by Gasteiger charge is -2.21. The molecule has 0 N–H and O–H groups in total. The number of rotatable bonds is 2. The van der Waals surface area contributed by atoms with E-state index in [-0.39, 0.29) is 29.9 Å². The van der Waals surface area contributed by atoms with E-state index >= 15 is 0 Å². The van der Waals surface area contributed by atoms with Crippen LogP contribution in [0.25, 0.3) is 0 Å². The van der Waals surface area contributed by atoms with Gasteiger partial charge in [-0.15, -0.1) is 0 Å². The van der Waals surface area contributed by atoms with Crippen LogP contribution in [0.1, 0.15) is 60.3 Å². The second kappa shape index (κ2) is 10.4. The Kier molecular flexibility index (Phi) is 8.21. The third kappa shape index (κ3) is 7.01. The van der Waals surface area contributed by atoms with Gasteiger partial charge in [0.2, 0.25) is 0 Å². The third-order valence-corrected chi connectivity index (χ3v) is 5.27. The molecule has 0 aromatic heterocycles. The highest BCUT2D eigenvalue weighted by molar-refractivity contribution is 5.91. The summed E-state index contributed by atoms with van der Waals surface area (Å²) in [5.74, 6) is -1.21. The smallest absolute Gasteiger partial charge is 0.334 e. The van der Waals surface area contributed by atoms with Gasteiger partial charge in [-0.2, -0.15) is 0 Å². The van der Waals surface area contributed by atoms with E-state index in [9.17, 15) is 14.4 Å². The molecule has 0 radical (unpaired) electrons. The number of fused-ring (bicyclic) bond motifs is 1. The number of ether oxygens (including phenoxy) is 3. The monoisotopic (exact) mass is 416 g/mol. The standard InChI is InChI=1S/C24H32O6/c1-14-7-8-22-17(4)24(27)30-23(22)13-16(3)12-21(29-19(6)26)11-15(2)10-20(9-14)28-18(5)25/h9,11,13,20-23H,4,7-8,10,12H2,1-3,5-6H3/b14-9-,15-11-,16-13-/t20-,21-,22-,23+/m1/s1. The molecular formula is C24H32O6. The summed E-state index contributed by atoms with van der Waals surface area (Å²) in [7, 11) is 0. The molecule has 0 amide bonds. The predicted octanol–water partition coefficient (Wildman–Crippen LogP) is 4.36. The minimum absolute atomic E-state index is 0.115. The van der Waals surface area contributed by atoms with Crippen molar-refractivity contribution in [3.63, 3.8) is 0 Å². The topological polar surface area (TPSA) is 78.9 Å². The first-order valence-corrected chi connectivity index (χ1v) is 10.3. The van der Waals surface area contributed by atoms with Crippen molar-refractivity contribution >= 4 is 17.9 Å². The largest absolute Gasteiger partial charge is 0.458 e. The summed E-state index contributed by atoms with van der Waals surface area (Å²) in [6.07, 6.45) is 6.97. The number of hydrogen-bond donors (Lipinski definition) is 0. The zero-order chi connectivity index (χ0) is 22.4. The van der Waals surface area contributed by atoms with Crippen molar-refractivity contribution in [2.45, 2.75) is 78.6 Å². The van der Waals surface area contributed by atoms with Crippen molar-refractivity contribution in [1.29, 1.82) is 0 Å². The van der Waals surface area contributed by atoms with E-state index < -0.39 is 12.2 Å². The van der Waals surface area contributed by atoms with E-state index in [0.29, 0.717) is 24.8 Å². The normalized spacial score (nSPS) is 33.4. The fraction of sp³-hybridized carbons (Fsp3) is 0.542. The van der Waals surface area contributed by atoms with Crippen LogP contribution in [0.4, 0.5) is 0 Å². The zero-order valence-corrected chi connectivity index (χ0v) is 18.5. The highest BCUT2D eigenvalue weighted by Crippen LogP contribution is 2.34. The average Bonchev–Trinajstić information content (AvgIpc) is 2.84. The molecule has 2 rings (SSSR count). The number of carbonyl (C=O) groups is 3. The van der Waals surface area contributed by atoms with Gasteiger partial charge in [-0.05, 0) is 51.8 Å². The van der Waals surface area contributed by atoms with Crippen LogP contribution in [0.15, 0.2) is 47.1 Å². The van der Waals surface area contributed by atoms with Crippen LogP contribution in [0.2, 0.25) is 0 Å². The predicted molar refractivity (Wildman–Crippen MR) is 113 cm³/mol. The van der Waals surface area contributed by atoms with Crippen LogP contribution in [0, 0.1) is 5.92 Å². The molecular weight excluding hydrogens is 384 g/mol. The maximum Gasteiger partial charge on any atom is 0.334 e. The van der Waals surface area contributed by atoms with Crippen molar-refractivity contribution in [3.8, 4) is 0 Å². The molecule has 0 unspecified atom stereocenters. The lowest BCUT2D eigenvalue weighted by molar-refractivity contribution is -0.144. The van der Waals surface area contributed by atoms with Crippen LogP contribution < -0.4 is 0 Å². The highest BCUT2D eigenvalue weighted by Gasteiger charge is 2.37. The second-order valence-corrected chi connectivity index (χ2v) is 8.28. The first-order chi connectivity index (χ1) is 14.0. The van der Waals surface area contributed by atoms with Crippen LogP contribution in [-0.2, 0) is 28.6 Å². The SMILES string of the molecule is C=C1C(=O)O[C@H]2/C=C(/C)C[C@H](OC(C)=O)/C=C(/C)C[C@H](OC(C)=O)/C=C(/C)CC[C@H]12. The van der Waals surface area contributed by atoms with Gasteiger partial charge in [0, 0.05) is 38.2 Å². The summed E-state index contributed by atoms with van der Waals surface area (Å²) in [4.78, 5) is 35.3. The van der Waals surface area contributed by atoms with E-state index in [1.165, 1.54) is 13.8 Å². The lowest BCUT2D eigenvalue weighted by atomic mass is 9.88. The Labute approximate surface area is 178 Å². The minimum Gasteiger partial charge on any atom is -0.458 e. The van der Waals surface area contributed by atoms with Gasteiger partial charge in [0.25, 0.3) is 0 Å². The van der Waals surface area contributed by atoms with Crippen LogP contribution in [-0.4, -0.2) is 36.2 Å². The third-order valence-electron chi connectivity index (χ3n) is 5.27. The Morgan fingerprint density at radius 3 is 1.97 bits per heavy atom. The molecule has 0 aromatic carbocycles. The Hall–Kier alpha value is -2.63. The van der Waals surface area contributed by atoms with Gasteiger partial charge < -0.3 is 14.2 Å². The first kappa shape index (κ1) is 23.6. The lowest BCUT2D eigenvalue weighted by Crippen LogP contribution is -2.20. The van der Waals surface area contributed by atoms with Crippen molar-refractivity contribution in [2.75, 3.05) is 0 Å². The Bertz CT molecular complexity index is 801. The summed E-state index contributed by atoms with van der Waals surface area (Å²) in [5, 5.41) is 0. The average molecular weight is 417 g/mol. The summed E-state index contributed by atoms with van der Waals surface area (Å²) in [6, 6.07) is 0. The number of carbonyl (C=O) groups excluding carboxylic acids is 3. The van der Waals surface area contributed by atoms with E-state index in [0.717, 1.165) is 23.1 Å². The molecule has 4 atom stereocenters. The molecule has 0 bridgehead atoms. The molecule has 1 fully saturated rings. The summed E-state index contributed by atoms with van der Waals surface area (Å²) in [6.45, 7) is 12.5. The number of hydrogen-bond acceptors (Lipinski definition) is 6. The number of allylic oxidation sites excluding steroid dienone is 1. The van der Waals surface area contributed by atoms with E-state index in [2.05, 4.69) is 6.58 Å².